The first-order valence-electron chi connectivity index (χ1n) is 7.64. The number of rotatable bonds is 8. The molecule has 0 saturated heterocycles. The summed E-state index contributed by atoms with van der Waals surface area (Å²) in [5.74, 6) is -0.511. The van der Waals surface area contributed by atoms with Gasteiger partial charge in [0.2, 0.25) is 0 Å². The van der Waals surface area contributed by atoms with E-state index >= 15 is 0 Å². The first-order chi connectivity index (χ1) is 11.1. The van der Waals surface area contributed by atoms with E-state index in [-0.39, 0.29) is 12.2 Å². The van der Waals surface area contributed by atoms with Crippen LogP contribution in [0.2, 0.25) is 0 Å². The zero-order chi connectivity index (χ0) is 16.7. The van der Waals surface area contributed by atoms with Crippen LogP contribution in [0, 0.1) is 0 Å². The number of aromatic hydroxyl groups is 1. The summed E-state index contributed by atoms with van der Waals surface area (Å²) >= 11 is 0. The van der Waals surface area contributed by atoms with E-state index in [2.05, 4.69) is 5.32 Å². The third kappa shape index (κ3) is 5.30. The highest BCUT2D eigenvalue weighted by atomic mass is 16.4. The molecule has 5 nitrogen and oxygen atoms in total. The van der Waals surface area contributed by atoms with E-state index in [9.17, 15) is 9.90 Å². The van der Waals surface area contributed by atoms with Crippen molar-refractivity contribution in [3.8, 4) is 5.75 Å². The van der Waals surface area contributed by atoms with Gasteiger partial charge in [0.1, 0.15) is 5.75 Å². The number of phenols is 1. The van der Waals surface area contributed by atoms with E-state index in [1.165, 1.54) is 0 Å². The van der Waals surface area contributed by atoms with E-state index in [0.29, 0.717) is 19.5 Å². The quantitative estimate of drug-likeness (QED) is 0.601. The lowest BCUT2D eigenvalue weighted by molar-refractivity contribution is -0.137. The molecule has 0 spiro atoms. The van der Waals surface area contributed by atoms with Crippen LogP contribution in [0.3, 0.4) is 0 Å². The fourth-order valence-electron chi connectivity index (χ4n) is 2.34. The summed E-state index contributed by atoms with van der Waals surface area (Å²) in [6.07, 6.45) is 1.59. The number of nitrogens with one attached hydrogen (secondary N) is 1. The molecule has 2 aromatic carbocycles. The van der Waals surface area contributed by atoms with Crippen LogP contribution in [0.25, 0.3) is 0 Å². The van der Waals surface area contributed by atoms with E-state index in [0.717, 1.165) is 28.8 Å². The van der Waals surface area contributed by atoms with Gasteiger partial charge in [0.15, 0.2) is 0 Å². The third-order valence-electron chi connectivity index (χ3n) is 3.67. The molecule has 0 fully saturated rings. The number of benzene rings is 2. The number of aryl methyl sites for hydroxylation is 1. The Labute approximate surface area is 135 Å². The first kappa shape index (κ1) is 16.8. The van der Waals surface area contributed by atoms with Crippen molar-refractivity contribution in [1.82, 2.24) is 0 Å². The Hall–Kier alpha value is -2.53. The normalized spacial score (nSPS) is 10.5. The summed E-state index contributed by atoms with van der Waals surface area (Å²) in [5.41, 5.74) is 9.46. The summed E-state index contributed by atoms with van der Waals surface area (Å²) in [4.78, 5) is 10.5. The van der Waals surface area contributed by atoms with Crippen LogP contribution in [0.5, 0.6) is 5.75 Å². The van der Waals surface area contributed by atoms with Crippen molar-refractivity contribution in [2.75, 3.05) is 5.32 Å². The monoisotopic (exact) mass is 314 g/mol. The highest BCUT2D eigenvalue weighted by molar-refractivity contribution is 5.66. The summed E-state index contributed by atoms with van der Waals surface area (Å²) in [6.45, 7) is 0.955. The van der Waals surface area contributed by atoms with Crippen LogP contribution in [0.15, 0.2) is 42.5 Å². The Kier molecular flexibility index (Phi) is 6.00. The maximum atomic E-state index is 10.5. The molecular formula is C18H22N2O3. The van der Waals surface area contributed by atoms with E-state index < -0.39 is 5.97 Å². The van der Waals surface area contributed by atoms with Gasteiger partial charge in [0, 0.05) is 30.8 Å². The van der Waals surface area contributed by atoms with Crippen LogP contribution in [-0.4, -0.2) is 16.2 Å². The van der Waals surface area contributed by atoms with Crippen LogP contribution in [0.4, 0.5) is 5.69 Å². The van der Waals surface area contributed by atoms with Crippen molar-refractivity contribution in [3.63, 3.8) is 0 Å². The molecule has 0 amide bonds. The fraction of sp³-hybridized carbons (Fsp3) is 0.278. The summed E-state index contributed by atoms with van der Waals surface area (Å²) < 4.78 is 0. The molecule has 2 rings (SSSR count). The number of aliphatic carboxylic acids is 1. The number of anilines is 1. The molecular weight excluding hydrogens is 292 g/mol. The average Bonchev–Trinajstić information content (AvgIpc) is 2.55. The van der Waals surface area contributed by atoms with Gasteiger partial charge in [-0.25, -0.2) is 0 Å². The van der Waals surface area contributed by atoms with Gasteiger partial charge in [-0.1, -0.05) is 18.2 Å². The summed E-state index contributed by atoms with van der Waals surface area (Å²) in [5, 5.41) is 21.8. The van der Waals surface area contributed by atoms with Crippen molar-refractivity contribution < 1.29 is 15.0 Å². The Morgan fingerprint density at radius 2 is 1.78 bits per heavy atom. The van der Waals surface area contributed by atoms with Gasteiger partial charge in [0.05, 0.1) is 0 Å². The number of carboxylic acid groups (broad SMARTS) is 1. The molecule has 5 N–H and O–H groups in total. The van der Waals surface area contributed by atoms with Crippen LogP contribution in [-0.2, 0) is 24.3 Å². The number of phenolic OH excluding ortho intramolecular Hbond substituents is 1. The predicted octanol–water partition coefficient (Wildman–Crippen LogP) is 2.87. The minimum absolute atomic E-state index is 0.191. The average molecular weight is 314 g/mol. The predicted molar refractivity (Wildman–Crippen MR) is 90.3 cm³/mol. The lowest BCUT2D eigenvalue weighted by Crippen LogP contribution is -2.02. The number of nitrogens with two attached hydrogens (primary N) is 1. The maximum absolute atomic E-state index is 10.5. The second kappa shape index (κ2) is 8.19. The number of hydrogen-bond donors (Lipinski definition) is 4. The Bertz CT molecular complexity index is 654. The number of hydrogen-bond acceptors (Lipinski definition) is 4. The molecule has 0 radical (unpaired) electrons. The molecule has 122 valence electrons. The minimum Gasteiger partial charge on any atom is -0.508 e. The molecule has 0 saturated carbocycles. The molecule has 0 heterocycles. The fourth-order valence-corrected chi connectivity index (χ4v) is 2.34. The van der Waals surface area contributed by atoms with E-state index in [4.69, 9.17) is 10.8 Å². The van der Waals surface area contributed by atoms with Crippen molar-refractivity contribution in [1.29, 1.82) is 0 Å². The van der Waals surface area contributed by atoms with Gasteiger partial charge in [-0.3, -0.25) is 4.79 Å². The smallest absolute Gasteiger partial charge is 0.303 e. The largest absolute Gasteiger partial charge is 0.508 e. The molecule has 0 aliphatic heterocycles. The summed E-state index contributed by atoms with van der Waals surface area (Å²) in [7, 11) is 0. The molecule has 23 heavy (non-hydrogen) atoms. The van der Waals surface area contributed by atoms with Gasteiger partial charge in [0.25, 0.3) is 0 Å². The first-order valence-corrected chi connectivity index (χ1v) is 7.64. The third-order valence-corrected chi connectivity index (χ3v) is 3.67. The molecule has 0 atom stereocenters. The zero-order valence-electron chi connectivity index (χ0n) is 13.0. The second-order valence-electron chi connectivity index (χ2n) is 5.46. The lowest BCUT2D eigenvalue weighted by Gasteiger charge is -2.10. The lowest BCUT2D eigenvalue weighted by atomic mass is 10.1. The number of carbonyl (C=O) groups is 1. The Balaban J connectivity index is 1.90. The molecule has 0 bridgehead atoms. The highest BCUT2D eigenvalue weighted by Gasteiger charge is 2.03. The van der Waals surface area contributed by atoms with Crippen LogP contribution >= 0.6 is 0 Å². The van der Waals surface area contributed by atoms with Crippen molar-refractivity contribution >= 4 is 11.7 Å². The van der Waals surface area contributed by atoms with Gasteiger partial charge in [-0.2, -0.15) is 0 Å². The maximum Gasteiger partial charge on any atom is 0.303 e. The van der Waals surface area contributed by atoms with Gasteiger partial charge >= 0.3 is 5.97 Å². The highest BCUT2D eigenvalue weighted by Crippen LogP contribution is 2.20. The topological polar surface area (TPSA) is 95.6 Å². The molecule has 0 aromatic heterocycles. The van der Waals surface area contributed by atoms with Gasteiger partial charge < -0.3 is 21.3 Å². The SMILES string of the molecule is NCc1ccc(O)c(CNc2ccc(CCCC(=O)O)cc2)c1. The second-order valence-corrected chi connectivity index (χ2v) is 5.46. The molecule has 5 heteroatoms. The molecule has 2 aromatic rings. The zero-order valence-corrected chi connectivity index (χ0v) is 13.0. The van der Waals surface area contributed by atoms with Gasteiger partial charge in [-0.15, -0.1) is 0 Å². The standard InChI is InChI=1S/C18H22N2O3/c19-11-14-6-9-17(21)15(10-14)12-20-16-7-4-13(5-8-16)2-1-3-18(22)23/h4-10,20-21H,1-3,11-12,19H2,(H,22,23). The van der Waals surface area contributed by atoms with Crippen molar-refractivity contribution in [3.05, 3.63) is 59.2 Å². The van der Waals surface area contributed by atoms with Crippen molar-refractivity contribution in [2.45, 2.75) is 32.4 Å². The molecule has 0 unspecified atom stereocenters. The summed E-state index contributed by atoms with van der Waals surface area (Å²) in [6, 6.07) is 13.2. The number of carboxylic acids is 1. The van der Waals surface area contributed by atoms with Crippen molar-refractivity contribution in [2.24, 2.45) is 5.73 Å². The molecule has 0 aliphatic rings. The van der Waals surface area contributed by atoms with Crippen LogP contribution in [0.1, 0.15) is 29.5 Å². The van der Waals surface area contributed by atoms with E-state index in [1.807, 2.05) is 36.4 Å². The van der Waals surface area contributed by atoms with Crippen LogP contribution < -0.4 is 11.1 Å². The van der Waals surface area contributed by atoms with E-state index in [1.54, 1.807) is 6.07 Å². The van der Waals surface area contributed by atoms with Gasteiger partial charge in [-0.05, 0) is 48.2 Å². The minimum atomic E-state index is -0.761. The Morgan fingerprint density at radius 1 is 1.09 bits per heavy atom. The Morgan fingerprint density at radius 3 is 2.43 bits per heavy atom. The molecule has 0 aliphatic carbocycles.